The molecule has 5 nitrogen and oxygen atoms in total. The topological polar surface area (TPSA) is 50.8 Å². The van der Waals surface area contributed by atoms with Crippen LogP contribution in [0, 0.1) is 5.82 Å². The van der Waals surface area contributed by atoms with Crippen LogP contribution in [0.5, 0.6) is 5.75 Å². The fourth-order valence-electron chi connectivity index (χ4n) is 3.00. The third kappa shape index (κ3) is 4.79. The molecule has 0 spiro atoms. The minimum absolute atomic E-state index is 0.0457. The van der Waals surface area contributed by atoms with E-state index in [1.165, 1.54) is 30.3 Å². The van der Waals surface area contributed by atoms with Crippen molar-refractivity contribution in [1.29, 1.82) is 0 Å². The van der Waals surface area contributed by atoms with Crippen molar-refractivity contribution >= 4 is 11.6 Å². The highest BCUT2D eigenvalue weighted by atomic mass is 19.4. The number of carbonyl (C=O) groups is 1. The van der Waals surface area contributed by atoms with Crippen molar-refractivity contribution in [2.75, 3.05) is 25.7 Å². The van der Waals surface area contributed by atoms with E-state index in [-0.39, 0.29) is 32.2 Å². The van der Waals surface area contributed by atoms with Gasteiger partial charge in [0.15, 0.2) is 6.79 Å². The van der Waals surface area contributed by atoms with Gasteiger partial charge in [0.2, 0.25) is 5.91 Å². The smallest absolute Gasteiger partial charge is 0.418 e. The predicted octanol–water partition coefficient (Wildman–Crippen LogP) is 3.78. The van der Waals surface area contributed by atoms with Gasteiger partial charge in [-0.2, -0.15) is 13.2 Å². The molecule has 1 aliphatic rings. The number of fused-ring (bicyclic) bond motifs is 1. The third-order valence-electron chi connectivity index (χ3n) is 4.11. The van der Waals surface area contributed by atoms with Crippen molar-refractivity contribution in [2.24, 2.45) is 0 Å². The van der Waals surface area contributed by atoms with E-state index < -0.39 is 23.5 Å². The summed E-state index contributed by atoms with van der Waals surface area (Å²) in [6, 6.07) is 7.37. The molecule has 9 heteroatoms. The van der Waals surface area contributed by atoms with Gasteiger partial charge >= 0.3 is 6.18 Å². The molecule has 1 heterocycles. The monoisotopic (exact) mass is 398 g/mol. The Morgan fingerprint density at radius 3 is 2.75 bits per heavy atom. The van der Waals surface area contributed by atoms with E-state index >= 15 is 0 Å². The molecule has 0 saturated carbocycles. The summed E-state index contributed by atoms with van der Waals surface area (Å²) < 4.78 is 63.4. The Bertz CT molecular complexity index is 871. The normalized spacial score (nSPS) is 13.8. The Labute approximate surface area is 158 Å². The summed E-state index contributed by atoms with van der Waals surface area (Å²) in [5.41, 5.74) is -0.127. The molecule has 1 aliphatic heterocycles. The Hall–Kier alpha value is -2.65. The van der Waals surface area contributed by atoms with E-state index in [0.29, 0.717) is 16.9 Å². The van der Waals surface area contributed by atoms with Crippen molar-refractivity contribution < 1.29 is 31.8 Å². The molecular formula is C19H18F4N2O3. The molecule has 28 heavy (non-hydrogen) atoms. The zero-order chi connectivity index (χ0) is 20.3. The molecule has 0 aliphatic carbocycles. The number of hydrogen-bond donors (Lipinski definition) is 1. The first-order chi connectivity index (χ1) is 13.2. The highest BCUT2D eigenvalue weighted by Gasteiger charge is 2.33. The van der Waals surface area contributed by atoms with E-state index in [0.717, 1.165) is 6.07 Å². The van der Waals surface area contributed by atoms with Gasteiger partial charge in [0.1, 0.15) is 11.6 Å². The number of nitrogens with one attached hydrogen (secondary N) is 1. The average Bonchev–Trinajstić information content (AvgIpc) is 2.60. The van der Waals surface area contributed by atoms with Crippen LogP contribution in [-0.2, 0) is 28.9 Å². The molecule has 0 radical (unpaired) electrons. The van der Waals surface area contributed by atoms with Crippen molar-refractivity contribution in [3.8, 4) is 5.75 Å². The fourth-order valence-corrected chi connectivity index (χ4v) is 3.00. The first-order valence-corrected chi connectivity index (χ1v) is 8.40. The number of halogens is 4. The Balaban J connectivity index is 1.67. The lowest BCUT2D eigenvalue weighted by molar-refractivity contribution is -0.137. The maximum atomic E-state index is 13.8. The second-order valence-electron chi connectivity index (χ2n) is 6.43. The Morgan fingerprint density at radius 1 is 1.25 bits per heavy atom. The highest BCUT2D eigenvalue weighted by Crippen LogP contribution is 2.34. The minimum Gasteiger partial charge on any atom is -0.467 e. The van der Waals surface area contributed by atoms with E-state index in [4.69, 9.17) is 9.47 Å². The number of nitrogens with zero attached hydrogens (tertiary/aromatic N) is 1. The van der Waals surface area contributed by atoms with Gasteiger partial charge in [-0.3, -0.25) is 9.69 Å². The van der Waals surface area contributed by atoms with Gasteiger partial charge in [0, 0.05) is 17.7 Å². The van der Waals surface area contributed by atoms with Gasteiger partial charge < -0.3 is 14.8 Å². The third-order valence-corrected chi connectivity index (χ3v) is 4.11. The molecule has 2 aromatic rings. The second-order valence-corrected chi connectivity index (χ2v) is 6.43. The van der Waals surface area contributed by atoms with Gasteiger partial charge in [0.25, 0.3) is 0 Å². The number of para-hydroxylation sites is 1. The quantitative estimate of drug-likeness (QED) is 0.779. The maximum absolute atomic E-state index is 13.8. The van der Waals surface area contributed by atoms with Crippen molar-refractivity contribution in [1.82, 2.24) is 4.90 Å². The molecule has 2 aromatic carbocycles. The molecule has 3 rings (SSSR count). The lowest BCUT2D eigenvalue weighted by Gasteiger charge is -2.23. The summed E-state index contributed by atoms with van der Waals surface area (Å²) in [4.78, 5) is 13.8. The number of carbonyl (C=O) groups excluding carboxylic acids is 1. The lowest BCUT2D eigenvalue weighted by atomic mass is 10.1. The summed E-state index contributed by atoms with van der Waals surface area (Å²) in [6.45, 7) is 0.255. The van der Waals surface area contributed by atoms with E-state index in [1.807, 2.05) is 0 Å². The van der Waals surface area contributed by atoms with Crippen LogP contribution < -0.4 is 10.1 Å². The number of hydrogen-bond acceptors (Lipinski definition) is 4. The molecule has 0 unspecified atom stereocenters. The van der Waals surface area contributed by atoms with Gasteiger partial charge in [0.05, 0.1) is 24.4 Å². The number of anilines is 1. The molecule has 0 saturated heterocycles. The molecule has 0 atom stereocenters. The highest BCUT2D eigenvalue weighted by molar-refractivity contribution is 5.93. The maximum Gasteiger partial charge on any atom is 0.418 e. The van der Waals surface area contributed by atoms with Crippen LogP contribution in [0.3, 0.4) is 0 Å². The SMILES string of the molecule is CN(CC(=O)Nc1ccccc1C(F)(F)F)Cc1cc(F)cc2c1OCOC2. The number of likely N-dealkylation sites (N-methyl/N-ethyl adjacent to an activating group) is 1. The summed E-state index contributed by atoms with van der Waals surface area (Å²) in [7, 11) is 1.60. The van der Waals surface area contributed by atoms with Crippen LogP contribution in [0.15, 0.2) is 36.4 Å². The van der Waals surface area contributed by atoms with Gasteiger partial charge in [-0.05, 0) is 31.3 Å². The average molecular weight is 398 g/mol. The van der Waals surface area contributed by atoms with Crippen LogP contribution >= 0.6 is 0 Å². The summed E-state index contributed by atoms with van der Waals surface area (Å²) in [6.07, 6.45) is -4.57. The molecule has 1 amide bonds. The zero-order valence-corrected chi connectivity index (χ0v) is 15.0. The largest absolute Gasteiger partial charge is 0.467 e. The van der Waals surface area contributed by atoms with Gasteiger partial charge in [-0.15, -0.1) is 0 Å². The summed E-state index contributed by atoms with van der Waals surface area (Å²) >= 11 is 0. The molecule has 0 bridgehead atoms. The molecular weight excluding hydrogens is 380 g/mol. The molecule has 1 N–H and O–H groups in total. The zero-order valence-electron chi connectivity index (χ0n) is 15.0. The minimum atomic E-state index is -4.57. The van der Waals surface area contributed by atoms with Crippen molar-refractivity contribution in [2.45, 2.75) is 19.3 Å². The van der Waals surface area contributed by atoms with Crippen LogP contribution in [0.4, 0.5) is 23.2 Å². The Kier molecular flexibility index (Phi) is 5.85. The molecule has 150 valence electrons. The van der Waals surface area contributed by atoms with Crippen molar-refractivity contribution in [3.63, 3.8) is 0 Å². The van der Waals surface area contributed by atoms with Crippen molar-refractivity contribution in [3.05, 3.63) is 58.9 Å². The number of amides is 1. The first-order valence-electron chi connectivity index (χ1n) is 8.40. The number of ether oxygens (including phenoxy) is 2. The predicted molar refractivity (Wildman–Crippen MR) is 93.1 cm³/mol. The van der Waals surface area contributed by atoms with E-state index in [9.17, 15) is 22.4 Å². The standard InChI is InChI=1S/C19H18F4N2O3/c1-25(8-12-6-14(20)7-13-10-27-11-28-18(12)13)9-17(26)24-16-5-3-2-4-15(16)19(21,22)23/h2-7H,8-11H2,1H3,(H,24,26). The first kappa shape index (κ1) is 20.1. The van der Waals surface area contributed by atoms with Crippen LogP contribution in [-0.4, -0.2) is 31.2 Å². The van der Waals surface area contributed by atoms with Crippen LogP contribution in [0.2, 0.25) is 0 Å². The van der Waals surface area contributed by atoms with Crippen LogP contribution in [0.1, 0.15) is 16.7 Å². The number of rotatable bonds is 5. The summed E-state index contributed by atoms with van der Waals surface area (Å²) in [5, 5.41) is 2.28. The van der Waals surface area contributed by atoms with Gasteiger partial charge in [-0.25, -0.2) is 4.39 Å². The Morgan fingerprint density at radius 2 is 2.00 bits per heavy atom. The second kappa shape index (κ2) is 8.15. The summed E-state index contributed by atoms with van der Waals surface area (Å²) in [5.74, 6) is -0.573. The van der Waals surface area contributed by atoms with E-state index in [1.54, 1.807) is 11.9 Å². The molecule has 0 aromatic heterocycles. The molecule has 0 fully saturated rings. The lowest BCUT2D eigenvalue weighted by Crippen LogP contribution is -2.31. The number of alkyl halides is 3. The number of benzene rings is 2. The fraction of sp³-hybridized carbons (Fsp3) is 0.316. The van der Waals surface area contributed by atoms with E-state index in [2.05, 4.69) is 5.32 Å². The van der Waals surface area contributed by atoms with Crippen LogP contribution in [0.25, 0.3) is 0 Å². The van der Waals surface area contributed by atoms with Gasteiger partial charge in [-0.1, -0.05) is 12.1 Å².